The largest absolute Gasteiger partial charge is 0.384 e. The van der Waals surface area contributed by atoms with Gasteiger partial charge in [0.15, 0.2) is 0 Å². The minimum Gasteiger partial charge on any atom is -0.304 e. The summed E-state index contributed by atoms with van der Waals surface area (Å²) in [6.07, 6.45) is 0. The zero-order chi connectivity index (χ0) is 16.8. The minimum absolute atomic E-state index is 0.135. The maximum Gasteiger partial charge on any atom is 0.384 e. The first-order valence-corrected chi connectivity index (χ1v) is 10.2. The van der Waals surface area contributed by atoms with Gasteiger partial charge in [0, 0.05) is 7.05 Å². The highest BCUT2D eigenvalue weighted by molar-refractivity contribution is 7.68. The van der Waals surface area contributed by atoms with E-state index in [0.29, 0.717) is 0 Å². The molecule has 0 amide bonds. The monoisotopic (exact) mass is 355 g/mol. The molecule has 22 heavy (non-hydrogen) atoms. The number of rotatable bonds is 10. The summed E-state index contributed by atoms with van der Waals surface area (Å²) in [6, 6.07) is 0. The van der Waals surface area contributed by atoms with Crippen LogP contribution >= 0.6 is 15.2 Å². The van der Waals surface area contributed by atoms with Crippen LogP contribution in [0.3, 0.4) is 0 Å². The Morgan fingerprint density at radius 2 is 1.05 bits per heavy atom. The molecule has 9 nitrogen and oxygen atoms in total. The van der Waals surface area contributed by atoms with Gasteiger partial charge in [0.1, 0.15) is 0 Å². The smallest absolute Gasteiger partial charge is 0.304 e. The van der Waals surface area contributed by atoms with Crippen LogP contribution in [0.5, 0.6) is 0 Å². The van der Waals surface area contributed by atoms with Crippen molar-refractivity contribution in [1.29, 1.82) is 0 Å². The first kappa shape index (κ1) is 19.5. The Balaban J connectivity index is 3.44. The summed E-state index contributed by atoms with van der Waals surface area (Å²) < 4.78 is 46.8. The molecular formula is C11H23N3O6P2. The minimum atomic E-state index is -3.76. The van der Waals surface area contributed by atoms with Crippen molar-refractivity contribution in [2.75, 3.05) is 26.4 Å². The van der Waals surface area contributed by atoms with Crippen LogP contribution in [0.25, 0.3) is 0 Å². The maximum absolute atomic E-state index is 12.9. The molecule has 128 valence electrons. The maximum atomic E-state index is 12.9. The van der Waals surface area contributed by atoms with E-state index in [4.69, 9.17) is 18.1 Å². The SMILES string of the molecule is CCOP(=O)(OCC)c1nn(C)nc1P(=O)(OCC)OCC. The van der Waals surface area contributed by atoms with Crippen LogP contribution in [-0.4, -0.2) is 41.4 Å². The molecule has 0 aliphatic heterocycles. The molecule has 11 heteroatoms. The fourth-order valence-corrected chi connectivity index (χ4v) is 5.53. The van der Waals surface area contributed by atoms with Crippen molar-refractivity contribution in [3.8, 4) is 0 Å². The lowest BCUT2D eigenvalue weighted by Crippen LogP contribution is -2.29. The van der Waals surface area contributed by atoms with Crippen molar-refractivity contribution < 1.29 is 27.2 Å². The molecule has 0 N–H and O–H groups in total. The number of nitrogens with zero attached hydrogens (tertiary/aromatic N) is 3. The molecule has 0 fully saturated rings. The van der Waals surface area contributed by atoms with E-state index in [9.17, 15) is 9.13 Å². The average molecular weight is 355 g/mol. The van der Waals surface area contributed by atoms with E-state index in [1.807, 2.05) is 0 Å². The van der Waals surface area contributed by atoms with Crippen molar-refractivity contribution >= 4 is 26.1 Å². The summed E-state index contributed by atoms with van der Waals surface area (Å²) in [5.41, 5.74) is -0.270. The molecule has 0 bridgehead atoms. The van der Waals surface area contributed by atoms with Crippen molar-refractivity contribution in [2.24, 2.45) is 7.05 Å². The third-order valence-electron chi connectivity index (χ3n) is 2.39. The lowest BCUT2D eigenvalue weighted by Gasteiger charge is -2.19. The van der Waals surface area contributed by atoms with Crippen LogP contribution in [0, 0.1) is 0 Å². The van der Waals surface area contributed by atoms with Gasteiger partial charge in [-0.1, -0.05) is 0 Å². The van der Waals surface area contributed by atoms with Crippen LogP contribution in [-0.2, 0) is 34.3 Å². The Morgan fingerprint density at radius 3 is 1.27 bits per heavy atom. The molecule has 0 unspecified atom stereocenters. The Labute approximate surface area is 130 Å². The fourth-order valence-electron chi connectivity index (χ4n) is 1.74. The van der Waals surface area contributed by atoms with Crippen molar-refractivity contribution in [3.05, 3.63) is 0 Å². The summed E-state index contributed by atoms with van der Waals surface area (Å²) in [4.78, 5) is 1.14. The van der Waals surface area contributed by atoms with Gasteiger partial charge < -0.3 is 18.1 Å². The number of hydrogen-bond acceptors (Lipinski definition) is 8. The van der Waals surface area contributed by atoms with Gasteiger partial charge >= 0.3 is 15.2 Å². The van der Waals surface area contributed by atoms with E-state index >= 15 is 0 Å². The fraction of sp³-hybridized carbons (Fsp3) is 0.818. The highest BCUT2D eigenvalue weighted by Crippen LogP contribution is 2.51. The second-order valence-electron chi connectivity index (χ2n) is 4.00. The van der Waals surface area contributed by atoms with E-state index < -0.39 is 15.2 Å². The Kier molecular flexibility index (Phi) is 7.38. The van der Waals surface area contributed by atoms with E-state index in [2.05, 4.69) is 10.2 Å². The standard InChI is InChI=1S/C11H23N3O6P2/c1-6-17-21(15,18-7-2)10-11(13-14(5)12-10)22(16,19-8-3)20-9-4/h6-9H2,1-5H3. The van der Waals surface area contributed by atoms with Crippen molar-refractivity contribution in [2.45, 2.75) is 27.7 Å². The summed E-state index contributed by atoms with van der Waals surface area (Å²) in [6.45, 7) is 7.25. The predicted octanol–water partition coefficient (Wildman–Crippen LogP) is 1.60. The number of aromatic nitrogens is 3. The third-order valence-corrected chi connectivity index (χ3v) is 6.60. The molecule has 1 heterocycles. The van der Waals surface area contributed by atoms with Crippen LogP contribution in [0.4, 0.5) is 0 Å². The molecule has 0 aliphatic rings. The Morgan fingerprint density at radius 1 is 0.773 bits per heavy atom. The van der Waals surface area contributed by atoms with Gasteiger partial charge in [-0.2, -0.15) is 4.80 Å². The summed E-state index contributed by atoms with van der Waals surface area (Å²) in [7, 11) is -6.01. The average Bonchev–Trinajstić information content (AvgIpc) is 2.83. The predicted molar refractivity (Wildman–Crippen MR) is 82.0 cm³/mol. The quantitative estimate of drug-likeness (QED) is 0.583. The summed E-state index contributed by atoms with van der Waals surface area (Å²) in [5, 5.41) is 8.02. The van der Waals surface area contributed by atoms with Gasteiger partial charge in [0.2, 0.25) is 10.9 Å². The van der Waals surface area contributed by atoms with Crippen LogP contribution in [0.15, 0.2) is 0 Å². The van der Waals surface area contributed by atoms with Gasteiger partial charge in [-0.15, -0.1) is 10.2 Å². The van der Waals surface area contributed by atoms with Crippen molar-refractivity contribution in [3.63, 3.8) is 0 Å². The lowest BCUT2D eigenvalue weighted by molar-refractivity contribution is 0.225. The summed E-state index contributed by atoms with van der Waals surface area (Å²) >= 11 is 0. The molecule has 1 aromatic heterocycles. The molecule has 0 aromatic carbocycles. The molecule has 0 saturated carbocycles. The van der Waals surface area contributed by atoms with E-state index in [1.165, 1.54) is 7.05 Å². The van der Waals surface area contributed by atoms with Gasteiger partial charge in [0.05, 0.1) is 26.4 Å². The molecule has 0 aliphatic carbocycles. The molecular weight excluding hydrogens is 332 g/mol. The molecule has 0 spiro atoms. The molecule has 1 rings (SSSR count). The topological polar surface area (TPSA) is 102 Å². The van der Waals surface area contributed by atoms with Crippen molar-refractivity contribution in [1.82, 2.24) is 15.0 Å². The molecule has 0 atom stereocenters. The second-order valence-corrected chi connectivity index (χ2v) is 7.87. The van der Waals surface area contributed by atoms with Gasteiger partial charge in [0.25, 0.3) is 0 Å². The first-order valence-electron chi connectivity index (χ1n) is 7.07. The lowest BCUT2D eigenvalue weighted by atomic mass is 10.9. The third kappa shape index (κ3) is 4.25. The first-order chi connectivity index (χ1) is 10.4. The summed E-state index contributed by atoms with van der Waals surface area (Å²) in [5.74, 6) is 0. The zero-order valence-corrected chi connectivity index (χ0v) is 15.3. The van der Waals surface area contributed by atoms with Crippen LogP contribution < -0.4 is 10.9 Å². The Hall–Kier alpha value is -0.560. The Bertz CT molecular complexity index is 509. The van der Waals surface area contributed by atoms with E-state index in [0.717, 1.165) is 4.80 Å². The molecule has 1 aromatic rings. The number of aryl methyl sites for hydroxylation is 1. The normalized spacial score (nSPS) is 12.8. The van der Waals surface area contributed by atoms with E-state index in [1.54, 1.807) is 27.7 Å². The molecule has 0 radical (unpaired) electrons. The zero-order valence-electron chi connectivity index (χ0n) is 13.5. The van der Waals surface area contributed by atoms with Gasteiger partial charge in [-0.25, -0.2) is 0 Å². The van der Waals surface area contributed by atoms with Crippen LogP contribution in [0.1, 0.15) is 27.7 Å². The second kappa shape index (κ2) is 8.34. The molecule has 0 saturated heterocycles. The van der Waals surface area contributed by atoms with Gasteiger partial charge in [-0.05, 0) is 27.7 Å². The highest BCUT2D eigenvalue weighted by Gasteiger charge is 2.43. The highest BCUT2D eigenvalue weighted by atomic mass is 31.2. The number of hydrogen-bond donors (Lipinski definition) is 0. The van der Waals surface area contributed by atoms with Crippen LogP contribution in [0.2, 0.25) is 0 Å². The van der Waals surface area contributed by atoms with E-state index in [-0.39, 0.29) is 37.3 Å². The van der Waals surface area contributed by atoms with Gasteiger partial charge in [-0.3, -0.25) is 9.13 Å².